The van der Waals surface area contributed by atoms with Gasteiger partial charge >= 0.3 is 5.97 Å². The molecular formula is C14H21NO2. The van der Waals surface area contributed by atoms with Gasteiger partial charge in [0.2, 0.25) is 0 Å². The normalized spacial score (nSPS) is 12.7. The molecule has 1 atom stereocenters. The standard InChI is InChI=1S/C14H21NO2/c1-10(2)13-6-4-12(5-7-13)9-15-8-11(3)14(16)17/h4-7,10-11,15H,8-9H2,1-3H3,(H,16,17). The van der Waals surface area contributed by atoms with Crippen LogP contribution in [-0.2, 0) is 11.3 Å². The highest BCUT2D eigenvalue weighted by molar-refractivity contribution is 5.69. The molecular weight excluding hydrogens is 214 g/mol. The Morgan fingerprint density at radius 2 is 1.82 bits per heavy atom. The predicted octanol–water partition coefficient (Wildman–Crippen LogP) is 2.62. The van der Waals surface area contributed by atoms with E-state index in [4.69, 9.17) is 5.11 Å². The van der Waals surface area contributed by atoms with Gasteiger partial charge in [0.15, 0.2) is 0 Å². The highest BCUT2D eigenvalue weighted by Crippen LogP contribution is 2.14. The Morgan fingerprint density at radius 1 is 1.24 bits per heavy atom. The maximum Gasteiger partial charge on any atom is 0.307 e. The molecule has 0 fully saturated rings. The van der Waals surface area contributed by atoms with Gasteiger partial charge in [-0.25, -0.2) is 0 Å². The lowest BCUT2D eigenvalue weighted by Gasteiger charge is -2.09. The summed E-state index contributed by atoms with van der Waals surface area (Å²) in [6.45, 7) is 7.26. The minimum atomic E-state index is -0.757. The first-order valence-corrected chi connectivity index (χ1v) is 6.03. The zero-order valence-electron chi connectivity index (χ0n) is 10.7. The van der Waals surface area contributed by atoms with Gasteiger partial charge in [0.1, 0.15) is 0 Å². The van der Waals surface area contributed by atoms with Crippen molar-refractivity contribution in [3.63, 3.8) is 0 Å². The molecule has 0 saturated heterocycles. The van der Waals surface area contributed by atoms with Crippen LogP contribution in [0.15, 0.2) is 24.3 Å². The molecule has 0 heterocycles. The molecule has 0 aromatic heterocycles. The highest BCUT2D eigenvalue weighted by Gasteiger charge is 2.09. The zero-order valence-corrected chi connectivity index (χ0v) is 10.7. The summed E-state index contributed by atoms with van der Waals surface area (Å²) in [6.07, 6.45) is 0. The quantitative estimate of drug-likeness (QED) is 0.797. The summed E-state index contributed by atoms with van der Waals surface area (Å²) in [5, 5.41) is 11.9. The maximum absolute atomic E-state index is 10.6. The first-order valence-electron chi connectivity index (χ1n) is 6.03. The van der Waals surface area contributed by atoms with Gasteiger partial charge in [0, 0.05) is 13.1 Å². The van der Waals surface area contributed by atoms with Crippen molar-refractivity contribution in [3.05, 3.63) is 35.4 Å². The van der Waals surface area contributed by atoms with Crippen molar-refractivity contribution >= 4 is 5.97 Å². The largest absolute Gasteiger partial charge is 0.481 e. The average molecular weight is 235 g/mol. The van der Waals surface area contributed by atoms with Crippen LogP contribution in [0.25, 0.3) is 0 Å². The van der Waals surface area contributed by atoms with E-state index in [1.54, 1.807) is 6.92 Å². The Hall–Kier alpha value is -1.35. The summed E-state index contributed by atoms with van der Waals surface area (Å²) in [6, 6.07) is 8.44. The fourth-order valence-corrected chi connectivity index (χ4v) is 1.54. The van der Waals surface area contributed by atoms with Crippen LogP contribution in [0.3, 0.4) is 0 Å². The van der Waals surface area contributed by atoms with Crippen LogP contribution in [0.2, 0.25) is 0 Å². The van der Waals surface area contributed by atoms with Crippen molar-refractivity contribution in [2.45, 2.75) is 33.2 Å². The molecule has 0 spiro atoms. The molecule has 0 aliphatic rings. The lowest BCUT2D eigenvalue weighted by Crippen LogP contribution is -2.25. The molecule has 0 radical (unpaired) electrons. The molecule has 1 rings (SSSR count). The third kappa shape index (κ3) is 4.57. The Morgan fingerprint density at radius 3 is 2.29 bits per heavy atom. The summed E-state index contributed by atoms with van der Waals surface area (Å²) in [5.41, 5.74) is 2.51. The van der Waals surface area contributed by atoms with E-state index in [2.05, 4.69) is 43.4 Å². The molecule has 3 heteroatoms. The molecule has 1 aromatic rings. The van der Waals surface area contributed by atoms with Crippen LogP contribution in [0, 0.1) is 5.92 Å². The van der Waals surface area contributed by atoms with Crippen LogP contribution in [-0.4, -0.2) is 17.6 Å². The van der Waals surface area contributed by atoms with E-state index in [1.165, 1.54) is 11.1 Å². The molecule has 2 N–H and O–H groups in total. The molecule has 0 saturated carbocycles. The minimum Gasteiger partial charge on any atom is -0.481 e. The van der Waals surface area contributed by atoms with E-state index in [-0.39, 0.29) is 5.92 Å². The van der Waals surface area contributed by atoms with Crippen molar-refractivity contribution < 1.29 is 9.90 Å². The maximum atomic E-state index is 10.6. The second-order valence-electron chi connectivity index (χ2n) is 4.77. The van der Waals surface area contributed by atoms with E-state index in [0.717, 1.165) is 6.54 Å². The highest BCUT2D eigenvalue weighted by atomic mass is 16.4. The predicted molar refractivity (Wildman–Crippen MR) is 69.0 cm³/mol. The monoisotopic (exact) mass is 235 g/mol. The van der Waals surface area contributed by atoms with Crippen molar-refractivity contribution in [2.75, 3.05) is 6.54 Å². The minimum absolute atomic E-state index is 0.343. The summed E-state index contributed by atoms with van der Waals surface area (Å²) < 4.78 is 0. The van der Waals surface area contributed by atoms with Crippen LogP contribution in [0.5, 0.6) is 0 Å². The first kappa shape index (κ1) is 13.7. The number of aliphatic carboxylic acids is 1. The number of rotatable bonds is 6. The van der Waals surface area contributed by atoms with Gasteiger partial charge in [-0.3, -0.25) is 4.79 Å². The molecule has 0 amide bonds. The van der Waals surface area contributed by atoms with Crippen LogP contribution < -0.4 is 5.32 Å². The molecule has 94 valence electrons. The second kappa shape index (κ2) is 6.40. The number of carboxylic acids is 1. The molecule has 17 heavy (non-hydrogen) atoms. The fourth-order valence-electron chi connectivity index (χ4n) is 1.54. The first-order chi connectivity index (χ1) is 8.00. The van der Waals surface area contributed by atoms with Crippen LogP contribution in [0.4, 0.5) is 0 Å². The summed E-state index contributed by atoms with van der Waals surface area (Å²) >= 11 is 0. The van der Waals surface area contributed by atoms with E-state index in [1.807, 2.05) is 0 Å². The van der Waals surface area contributed by atoms with Crippen molar-refractivity contribution in [3.8, 4) is 0 Å². The zero-order chi connectivity index (χ0) is 12.8. The topological polar surface area (TPSA) is 49.3 Å². The molecule has 0 aliphatic carbocycles. The van der Waals surface area contributed by atoms with Crippen LogP contribution in [0.1, 0.15) is 37.8 Å². The van der Waals surface area contributed by atoms with Gasteiger partial charge in [0.05, 0.1) is 5.92 Å². The lowest BCUT2D eigenvalue weighted by atomic mass is 10.0. The third-order valence-corrected chi connectivity index (χ3v) is 2.85. The van der Waals surface area contributed by atoms with Crippen molar-refractivity contribution in [1.29, 1.82) is 0 Å². The summed E-state index contributed by atoms with van der Waals surface area (Å²) in [4.78, 5) is 10.6. The number of hydrogen-bond acceptors (Lipinski definition) is 2. The number of hydrogen-bond donors (Lipinski definition) is 2. The Kier molecular flexibility index (Phi) is 5.16. The van der Waals surface area contributed by atoms with Gasteiger partial charge in [0.25, 0.3) is 0 Å². The van der Waals surface area contributed by atoms with Gasteiger partial charge in [-0.1, -0.05) is 45.0 Å². The summed E-state index contributed by atoms with van der Waals surface area (Å²) in [5.74, 6) is -0.554. The SMILES string of the molecule is CC(CNCc1ccc(C(C)C)cc1)C(=O)O. The molecule has 1 unspecified atom stereocenters. The third-order valence-electron chi connectivity index (χ3n) is 2.85. The van der Waals surface area contributed by atoms with Crippen molar-refractivity contribution in [2.24, 2.45) is 5.92 Å². The number of carboxylic acid groups (broad SMARTS) is 1. The van der Waals surface area contributed by atoms with Crippen molar-refractivity contribution in [1.82, 2.24) is 5.32 Å². The van der Waals surface area contributed by atoms with Gasteiger partial charge in [-0.05, 0) is 17.0 Å². The Bertz CT molecular complexity index is 357. The Labute approximate surface area is 103 Å². The number of nitrogens with one attached hydrogen (secondary N) is 1. The Balaban J connectivity index is 2.40. The average Bonchev–Trinajstić information content (AvgIpc) is 2.29. The molecule has 3 nitrogen and oxygen atoms in total. The second-order valence-corrected chi connectivity index (χ2v) is 4.77. The lowest BCUT2D eigenvalue weighted by molar-refractivity contribution is -0.140. The number of benzene rings is 1. The van der Waals surface area contributed by atoms with E-state index < -0.39 is 5.97 Å². The summed E-state index contributed by atoms with van der Waals surface area (Å²) in [7, 11) is 0. The van der Waals surface area contributed by atoms with Gasteiger partial charge in [-0.15, -0.1) is 0 Å². The fraction of sp³-hybridized carbons (Fsp3) is 0.500. The molecule has 1 aromatic carbocycles. The molecule has 0 aliphatic heterocycles. The van der Waals surface area contributed by atoms with Gasteiger partial charge in [-0.2, -0.15) is 0 Å². The van der Waals surface area contributed by atoms with E-state index in [0.29, 0.717) is 12.5 Å². The van der Waals surface area contributed by atoms with E-state index in [9.17, 15) is 4.79 Å². The molecule has 0 bridgehead atoms. The van der Waals surface area contributed by atoms with Crippen LogP contribution >= 0.6 is 0 Å². The van der Waals surface area contributed by atoms with E-state index >= 15 is 0 Å². The smallest absolute Gasteiger partial charge is 0.307 e. The van der Waals surface area contributed by atoms with Gasteiger partial charge < -0.3 is 10.4 Å². The number of carbonyl (C=O) groups is 1.